The van der Waals surface area contributed by atoms with Crippen LogP contribution in [-0.4, -0.2) is 14.3 Å². The van der Waals surface area contributed by atoms with Crippen LogP contribution in [-0.2, 0) is 0 Å². The van der Waals surface area contributed by atoms with Crippen molar-refractivity contribution in [3.05, 3.63) is 0 Å². The van der Waals surface area contributed by atoms with Crippen molar-refractivity contribution in [1.29, 1.82) is 0 Å². The Morgan fingerprint density at radius 3 is 0.818 bits per heavy atom. The fourth-order valence-corrected chi connectivity index (χ4v) is 10.4. The zero-order valence-electron chi connectivity index (χ0n) is 8.61. The Morgan fingerprint density at radius 1 is 0.636 bits per heavy atom. The van der Waals surface area contributed by atoms with Gasteiger partial charge in [0.25, 0.3) is 0 Å². The first kappa shape index (κ1) is 14.4. The molecule has 0 saturated heterocycles. The molecule has 0 aromatic carbocycles. The van der Waals surface area contributed by atoms with E-state index in [1.807, 2.05) is 0 Å². The zero-order valence-corrected chi connectivity index (χ0v) is 11.5. The van der Waals surface area contributed by atoms with Crippen molar-refractivity contribution in [2.45, 2.75) is 55.8 Å². The average Bonchev–Trinajstić information content (AvgIpc) is 1.59. The summed E-state index contributed by atoms with van der Waals surface area (Å²) in [4.78, 5) is 0. The summed E-state index contributed by atoms with van der Waals surface area (Å²) >= 11 is -0.722. The summed E-state index contributed by atoms with van der Waals surface area (Å²) in [6, 6.07) is 0. The molecule has 0 aliphatic rings. The van der Waals surface area contributed by atoms with Crippen molar-refractivity contribution in [1.82, 2.24) is 0 Å². The second-order valence-electron chi connectivity index (χ2n) is 3.96. The molecule has 0 saturated carbocycles. The molecule has 0 aromatic heterocycles. The molecule has 2 heteroatoms. The molecule has 0 unspecified atom stereocenters. The molecule has 0 spiro atoms. The summed E-state index contributed by atoms with van der Waals surface area (Å²) in [5, 5.41) is 0. The van der Waals surface area contributed by atoms with Crippen molar-refractivity contribution in [2.24, 2.45) is 0 Å². The summed E-state index contributed by atoms with van der Waals surface area (Å²) in [7, 11) is 0. The summed E-state index contributed by atoms with van der Waals surface area (Å²) in [5.74, 6) is 0. The average molecular weight is 237 g/mol. The van der Waals surface area contributed by atoms with Crippen molar-refractivity contribution in [3.8, 4) is 0 Å². The van der Waals surface area contributed by atoms with Crippen molar-refractivity contribution in [2.75, 3.05) is 0 Å². The predicted molar refractivity (Wildman–Crippen MR) is 51.0 cm³/mol. The van der Waals surface area contributed by atoms with Crippen LogP contribution in [0.2, 0.25) is 14.3 Å². The van der Waals surface area contributed by atoms with Crippen molar-refractivity contribution in [3.63, 3.8) is 0 Å². The second-order valence-corrected chi connectivity index (χ2v) is 13.3. The monoisotopic (exact) mass is 238 g/mol. The smallest absolute Gasteiger partial charge is 1.00 e. The SMILES string of the molecule is C[CH](C)[Ge+]([CH](C)C)[CH](C)C.[Cl-]. The van der Waals surface area contributed by atoms with Gasteiger partial charge in [-0.2, -0.15) is 0 Å². The third-order valence-corrected chi connectivity index (χ3v) is 10.4. The maximum Gasteiger partial charge on any atom is -1.00 e. The van der Waals surface area contributed by atoms with E-state index in [-0.39, 0.29) is 12.4 Å². The molecular weight excluding hydrogens is 216 g/mol. The molecule has 0 fully saturated rings. The van der Waals surface area contributed by atoms with Crippen molar-refractivity contribution < 1.29 is 12.4 Å². The number of halogens is 1. The summed E-state index contributed by atoms with van der Waals surface area (Å²) in [6.45, 7) is 14.4. The Balaban J connectivity index is 0. The fraction of sp³-hybridized carbons (Fsp3) is 1.00. The van der Waals surface area contributed by atoms with Gasteiger partial charge in [0, 0.05) is 0 Å². The Bertz CT molecular complexity index is 70.5. The van der Waals surface area contributed by atoms with Gasteiger partial charge >= 0.3 is 70.1 Å². The van der Waals surface area contributed by atoms with E-state index in [0.29, 0.717) is 0 Å². The molecule has 68 valence electrons. The fourth-order valence-electron chi connectivity index (χ4n) is 2.00. The predicted octanol–water partition coefficient (Wildman–Crippen LogP) is 0.715. The Morgan fingerprint density at radius 2 is 0.818 bits per heavy atom. The molecule has 0 heterocycles. The van der Waals surface area contributed by atoms with Gasteiger partial charge in [-0.25, -0.2) is 0 Å². The quantitative estimate of drug-likeness (QED) is 0.634. The van der Waals surface area contributed by atoms with E-state index in [9.17, 15) is 0 Å². The van der Waals surface area contributed by atoms with E-state index < -0.39 is 14.3 Å². The third kappa shape index (κ3) is 5.13. The largest absolute Gasteiger partial charge is 1.00 e. The Labute approximate surface area is 82.7 Å². The standard InChI is InChI=1S/C9H21Ge.ClH/c1-7(2)10(8(3)4)9(5)6;/h7-9H,1-6H3;1H/q+1;/p-1. The second kappa shape index (κ2) is 6.36. The first-order chi connectivity index (χ1) is 4.46. The number of hydrogen-bond donors (Lipinski definition) is 0. The van der Waals surface area contributed by atoms with Crippen LogP contribution in [0.4, 0.5) is 0 Å². The maximum atomic E-state index is 2.40. The van der Waals surface area contributed by atoms with Crippen LogP contribution in [0.15, 0.2) is 0 Å². The minimum atomic E-state index is -0.722. The van der Waals surface area contributed by atoms with E-state index in [2.05, 4.69) is 41.5 Å². The number of rotatable bonds is 3. The first-order valence-corrected chi connectivity index (χ1v) is 7.96. The Hall–Kier alpha value is 0.833. The molecule has 0 atom stereocenters. The van der Waals surface area contributed by atoms with E-state index in [1.54, 1.807) is 0 Å². The minimum Gasteiger partial charge on any atom is -1.00 e. The molecule has 0 N–H and O–H groups in total. The molecule has 0 aliphatic carbocycles. The molecule has 0 aromatic rings. The molecule has 0 amide bonds. The van der Waals surface area contributed by atoms with E-state index in [1.165, 1.54) is 0 Å². The Kier molecular flexibility index (Phi) is 8.30. The molecular formula is C9H21ClGe. The van der Waals surface area contributed by atoms with Gasteiger partial charge in [-0.3, -0.25) is 0 Å². The molecule has 11 heavy (non-hydrogen) atoms. The normalized spacial score (nSPS) is 10.6. The number of hydrogen-bond acceptors (Lipinski definition) is 0. The van der Waals surface area contributed by atoms with Gasteiger partial charge in [-0.1, -0.05) is 0 Å². The molecule has 0 aliphatic heterocycles. The maximum absolute atomic E-state index is 2.40. The molecule has 0 nitrogen and oxygen atoms in total. The molecule has 0 rings (SSSR count). The van der Waals surface area contributed by atoms with E-state index >= 15 is 0 Å². The van der Waals surface area contributed by atoms with Crippen LogP contribution in [0, 0.1) is 0 Å². The minimum absolute atomic E-state index is 0. The zero-order chi connectivity index (χ0) is 8.31. The van der Waals surface area contributed by atoms with Crippen LogP contribution >= 0.6 is 0 Å². The van der Waals surface area contributed by atoms with Gasteiger partial charge in [0.1, 0.15) is 0 Å². The first-order valence-electron chi connectivity index (χ1n) is 4.33. The summed E-state index contributed by atoms with van der Waals surface area (Å²) < 4.78 is 3.00. The van der Waals surface area contributed by atoms with Crippen LogP contribution in [0.3, 0.4) is 0 Å². The third-order valence-electron chi connectivity index (χ3n) is 2.00. The molecule has 0 radical (unpaired) electrons. The summed E-state index contributed by atoms with van der Waals surface area (Å²) in [6.07, 6.45) is 0. The van der Waals surface area contributed by atoms with E-state index in [0.717, 1.165) is 14.3 Å². The van der Waals surface area contributed by atoms with Gasteiger partial charge in [0.2, 0.25) is 0 Å². The van der Waals surface area contributed by atoms with Gasteiger partial charge in [-0.05, 0) is 0 Å². The van der Waals surface area contributed by atoms with Crippen molar-refractivity contribution >= 4 is 14.3 Å². The van der Waals surface area contributed by atoms with Crippen LogP contribution < -0.4 is 12.4 Å². The molecule has 0 bridgehead atoms. The van der Waals surface area contributed by atoms with Crippen LogP contribution in [0.1, 0.15) is 41.5 Å². The van der Waals surface area contributed by atoms with Gasteiger partial charge in [0.05, 0.1) is 0 Å². The van der Waals surface area contributed by atoms with Crippen LogP contribution in [0.25, 0.3) is 0 Å². The topological polar surface area (TPSA) is 0 Å². The summed E-state index contributed by atoms with van der Waals surface area (Å²) in [5.41, 5.74) is 0. The van der Waals surface area contributed by atoms with Gasteiger partial charge < -0.3 is 12.4 Å². The van der Waals surface area contributed by atoms with Gasteiger partial charge in [-0.15, -0.1) is 0 Å². The van der Waals surface area contributed by atoms with Crippen LogP contribution in [0.5, 0.6) is 0 Å². The van der Waals surface area contributed by atoms with E-state index in [4.69, 9.17) is 0 Å². The van der Waals surface area contributed by atoms with Gasteiger partial charge in [0.15, 0.2) is 0 Å².